The van der Waals surface area contributed by atoms with Crippen LogP contribution in [0.4, 0.5) is 5.69 Å². The van der Waals surface area contributed by atoms with Crippen LogP contribution in [0.1, 0.15) is 39.6 Å². The molecule has 0 fully saturated rings. The first-order chi connectivity index (χ1) is 14.5. The van der Waals surface area contributed by atoms with Gasteiger partial charge in [0.15, 0.2) is 0 Å². The molecule has 0 spiro atoms. The number of rotatable bonds is 6. The van der Waals surface area contributed by atoms with E-state index >= 15 is 0 Å². The summed E-state index contributed by atoms with van der Waals surface area (Å²) in [5, 5.41) is 4.87. The van der Waals surface area contributed by atoms with Crippen LogP contribution in [-0.2, 0) is 5.75 Å². The lowest BCUT2D eigenvalue weighted by Gasteiger charge is -2.24. The van der Waals surface area contributed by atoms with E-state index in [0.717, 1.165) is 39.0 Å². The van der Waals surface area contributed by atoms with Crippen molar-refractivity contribution in [3.8, 4) is 0 Å². The molecule has 30 heavy (non-hydrogen) atoms. The van der Waals surface area contributed by atoms with Crippen LogP contribution in [0, 0.1) is 20.8 Å². The van der Waals surface area contributed by atoms with Gasteiger partial charge < -0.3 is 10.3 Å². The van der Waals surface area contributed by atoms with Gasteiger partial charge in [-0.1, -0.05) is 36.9 Å². The van der Waals surface area contributed by atoms with Crippen LogP contribution in [0.3, 0.4) is 0 Å². The summed E-state index contributed by atoms with van der Waals surface area (Å²) in [6.07, 6.45) is 3.90. The second-order valence-electron chi connectivity index (χ2n) is 7.88. The number of aromatic nitrogens is 2. The molecule has 1 unspecified atom stereocenters. The van der Waals surface area contributed by atoms with Crippen LogP contribution in [0.25, 0.3) is 16.5 Å². The summed E-state index contributed by atoms with van der Waals surface area (Å²) >= 11 is 4.48. The van der Waals surface area contributed by atoms with E-state index in [-0.39, 0.29) is 6.04 Å². The maximum Gasteiger partial charge on any atom is 0.0943 e. The van der Waals surface area contributed by atoms with E-state index in [1.165, 1.54) is 16.7 Å². The first kappa shape index (κ1) is 20.3. The molecule has 0 aliphatic rings. The molecule has 4 aromatic rings. The van der Waals surface area contributed by atoms with Crippen LogP contribution in [0.15, 0.2) is 67.5 Å². The number of pyridine rings is 1. The molecule has 2 aromatic heterocycles. The summed E-state index contributed by atoms with van der Waals surface area (Å²) in [6.45, 7) is 10.9. The van der Waals surface area contributed by atoms with Crippen molar-refractivity contribution in [2.45, 2.75) is 32.6 Å². The minimum atomic E-state index is -0.147. The normalized spacial score (nSPS) is 12.1. The number of H-pyrrole nitrogens is 1. The van der Waals surface area contributed by atoms with E-state index in [2.05, 4.69) is 92.7 Å². The van der Waals surface area contributed by atoms with Gasteiger partial charge in [-0.3, -0.25) is 4.98 Å². The van der Waals surface area contributed by atoms with Gasteiger partial charge in [0.25, 0.3) is 0 Å². The maximum absolute atomic E-state index is 4.72. The van der Waals surface area contributed by atoms with Crippen LogP contribution in [0.5, 0.6) is 0 Å². The fourth-order valence-corrected chi connectivity index (χ4v) is 4.38. The Bertz CT molecular complexity index is 1200. The predicted octanol–water partition coefficient (Wildman–Crippen LogP) is 6.78. The molecule has 2 N–H and O–H groups in total. The minimum absolute atomic E-state index is 0.147. The Morgan fingerprint density at radius 3 is 2.57 bits per heavy atom. The zero-order valence-electron chi connectivity index (χ0n) is 17.7. The minimum Gasteiger partial charge on any atom is -0.373 e. The van der Waals surface area contributed by atoms with Crippen molar-refractivity contribution in [1.82, 2.24) is 9.97 Å². The van der Waals surface area contributed by atoms with Crippen molar-refractivity contribution < 1.29 is 0 Å². The van der Waals surface area contributed by atoms with Gasteiger partial charge in [0.05, 0.1) is 17.3 Å². The van der Waals surface area contributed by atoms with E-state index in [0.29, 0.717) is 5.75 Å². The average Bonchev–Trinajstić information content (AvgIpc) is 3.16. The van der Waals surface area contributed by atoms with Gasteiger partial charge >= 0.3 is 0 Å². The zero-order valence-corrected chi connectivity index (χ0v) is 18.6. The van der Waals surface area contributed by atoms with E-state index < -0.39 is 0 Å². The third-order valence-electron chi connectivity index (χ3n) is 5.52. The lowest BCUT2D eigenvalue weighted by Crippen LogP contribution is -2.15. The van der Waals surface area contributed by atoms with Gasteiger partial charge in [-0.25, -0.2) is 0 Å². The van der Waals surface area contributed by atoms with Crippen molar-refractivity contribution >= 4 is 34.8 Å². The molecular weight excluding hydrogens is 386 g/mol. The van der Waals surface area contributed by atoms with Crippen molar-refractivity contribution in [3.63, 3.8) is 0 Å². The van der Waals surface area contributed by atoms with Crippen molar-refractivity contribution in [1.29, 1.82) is 0 Å². The number of hydrogen-bond acceptors (Lipinski definition) is 3. The Labute approximate surface area is 183 Å². The quantitative estimate of drug-likeness (QED) is 0.305. The smallest absolute Gasteiger partial charge is 0.0943 e. The van der Waals surface area contributed by atoms with Crippen molar-refractivity contribution in [3.05, 3.63) is 101 Å². The lowest BCUT2D eigenvalue weighted by atomic mass is 9.94. The van der Waals surface area contributed by atoms with Crippen molar-refractivity contribution in [2.75, 3.05) is 5.32 Å². The topological polar surface area (TPSA) is 40.7 Å². The largest absolute Gasteiger partial charge is 0.373 e. The molecule has 152 valence electrons. The number of benzene rings is 2. The Balaban J connectivity index is 1.82. The van der Waals surface area contributed by atoms with Gasteiger partial charge in [0, 0.05) is 34.8 Å². The summed E-state index contributed by atoms with van der Waals surface area (Å²) in [6, 6.07) is 16.8. The number of fused-ring (bicyclic) bond motifs is 1. The molecular formula is C26H27N3S. The second-order valence-corrected chi connectivity index (χ2v) is 8.20. The number of nitrogens with zero attached hydrogens (tertiary/aromatic N) is 1. The van der Waals surface area contributed by atoms with Gasteiger partial charge in [0.1, 0.15) is 0 Å². The summed E-state index contributed by atoms with van der Waals surface area (Å²) in [5.41, 5.74) is 10.0. The molecule has 0 saturated carbocycles. The standard InChI is InChI=1S/C26H27N3S/c1-16-11-17(2)13-21(12-16)29-25(24-18(3)7-6-10-27-24)19(4)23-14-28-26-20(15-30)8-5-9-22(23)26/h5-14,25,28-30H,4,15H2,1-3H3. The highest BCUT2D eigenvalue weighted by Crippen LogP contribution is 2.37. The summed E-state index contributed by atoms with van der Waals surface area (Å²) in [4.78, 5) is 8.15. The van der Waals surface area contributed by atoms with E-state index in [1.54, 1.807) is 0 Å². The fraction of sp³-hybridized carbons (Fsp3) is 0.192. The molecule has 0 saturated heterocycles. The predicted molar refractivity (Wildman–Crippen MR) is 131 cm³/mol. The van der Waals surface area contributed by atoms with Gasteiger partial charge in [-0.15, -0.1) is 0 Å². The molecule has 2 aromatic carbocycles. The van der Waals surface area contributed by atoms with Gasteiger partial charge in [-0.2, -0.15) is 12.6 Å². The SMILES string of the molecule is C=C(c1c[nH]c2c(CS)cccc12)C(Nc1cc(C)cc(C)c1)c1ncccc1C. The third kappa shape index (κ3) is 3.88. The number of aryl methyl sites for hydroxylation is 3. The first-order valence-corrected chi connectivity index (χ1v) is 10.8. The number of hydrogen-bond donors (Lipinski definition) is 3. The van der Waals surface area contributed by atoms with Gasteiger partial charge in [-0.05, 0) is 66.8 Å². The van der Waals surface area contributed by atoms with Crippen molar-refractivity contribution in [2.24, 2.45) is 0 Å². The molecule has 0 aliphatic heterocycles. The van der Waals surface area contributed by atoms with Crippen LogP contribution in [0.2, 0.25) is 0 Å². The van der Waals surface area contributed by atoms with Crippen LogP contribution >= 0.6 is 12.6 Å². The monoisotopic (exact) mass is 413 g/mol. The average molecular weight is 414 g/mol. The molecule has 2 heterocycles. The summed E-state index contributed by atoms with van der Waals surface area (Å²) < 4.78 is 0. The van der Waals surface area contributed by atoms with E-state index in [4.69, 9.17) is 4.98 Å². The van der Waals surface area contributed by atoms with Gasteiger partial charge in [0.2, 0.25) is 0 Å². The van der Waals surface area contributed by atoms with Crippen LogP contribution in [-0.4, -0.2) is 9.97 Å². The molecule has 0 aliphatic carbocycles. The molecule has 1 atom stereocenters. The molecule has 3 nitrogen and oxygen atoms in total. The van der Waals surface area contributed by atoms with E-state index in [9.17, 15) is 0 Å². The Hall–Kier alpha value is -2.98. The molecule has 0 amide bonds. The Morgan fingerprint density at radius 1 is 1.10 bits per heavy atom. The Morgan fingerprint density at radius 2 is 1.87 bits per heavy atom. The third-order valence-corrected chi connectivity index (χ3v) is 5.86. The zero-order chi connectivity index (χ0) is 21.3. The maximum atomic E-state index is 4.72. The highest BCUT2D eigenvalue weighted by Gasteiger charge is 2.22. The number of thiol groups is 1. The number of nitrogens with one attached hydrogen (secondary N) is 2. The second kappa shape index (κ2) is 8.41. The first-order valence-electron chi connectivity index (χ1n) is 10.1. The summed E-state index contributed by atoms with van der Waals surface area (Å²) in [5.74, 6) is 0.688. The highest BCUT2D eigenvalue weighted by molar-refractivity contribution is 7.79. The molecule has 4 rings (SSSR count). The Kier molecular flexibility index (Phi) is 5.69. The highest BCUT2D eigenvalue weighted by atomic mass is 32.1. The van der Waals surface area contributed by atoms with Crippen LogP contribution < -0.4 is 5.32 Å². The van der Waals surface area contributed by atoms with E-state index in [1.807, 2.05) is 18.5 Å². The number of anilines is 1. The molecule has 4 heteroatoms. The molecule has 0 radical (unpaired) electrons. The molecule has 0 bridgehead atoms. The number of aromatic amines is 1. The lowest BCUT2D eigenvalue weighted by molar-refractivity contribution is 0.924. The summed E-state index contributed by atoms with van der Waals surface area (Å²) in [7, 11) is 0. The fourth-order valence-electron chi connectivity index (χ4n) is 4.12. The number of para-hydroxylation sites is 1.